The van der Waals surface area contributed by atoms with Crippen molar-refractivity contribution < 1.29 is 22.8 Å². The minimum absolute atomic E-state index is 0.475. The Morgan fingerprint density at radius 2 is 1.88 bits per heavy atom. The molecule has 0 saturated heterocycles. The van der Waals surface area contributed by atoms with Crippen LogP contribution in [0.2, 0.25) is 0 Å². The molecule has 0 radical (unpaired) electrons. The van der Waals surface area contributed by atoms with Crippen LogP contribution < -0.4 is 5.32 Å². The summed E-state index contributed by atoms with van der Waals surface area (Å²) in [6.45, 7) is 3.28. The molecule has 0 aliphatic carbocycles. The zero-order valence-corrected chi connectivity index (χ0v) is 13.0. The van der Waals surface area contributed by atoms with Crippen molar-refractivity contribution in [3.8, 4) is 0 Å². The number of aryl methyl sites for hydroxylation is 1. The zero-order chi connectivity index (χ0) is 17.7. The van der Waals surface area contributed by atoms with E-state index in [0.29, 0.717) is 0 Å². The van der Waals surface area contributed by atoms with Gasteiger partial charge in [-0.15, -0.1) is 0 Å². The molecule has 2 aromatic carbocycles. The fourth-order valence-electron chi connectivity index (χ4n) is 1.81. The number of benzene rings is 2. The van der Waals surface area contributed by atoms with Crippen molar-refractivity contribution in [2.75, 3.05) is 5.32 Å². The van der Waals surface area contributed by atoms with Gasteiger partial charge in [0, 0.05) is 0 Å². The van der Waals surface area contributed by atoms with Crippen LogP contribution in [0.15, 0.2) is 41.6 Å². The van der Waals surface area contributed by atoms with E-state index in [2.05, 4.69) is 10.5 Å². The summed E-state index contributed by atoms with van der Waals surface area (Å²) < 4.78 is 39.5. The van der Waals surface area contributed by atoms with E-state index in [-0.39, 0.29) is 0 Å². The van der Waals surface area contributed by atoms with Gasteiger partial charge < -0.3 is 10.2 Å². The van der Waals surface area contributed by atoms with Gasteiger partial charge in [-0.3, -0.25) is 4.79 Å². The van der Waals surface area contributed by atoms with Crippen molar-refractivity contribution in [2.45, 2.75) is 20.0 Å². The third-order valence-electron chi connectivity index (χ3n) is 3.26. The predicted molar refractivity (Wildman–Crippen MR) is 84.3 cm³/mol. The number of hydrogen-bond acceptors (Lipinski definition) is 3. The molecule has 24 heavy (non-hydrogen) atoms. The van der Waals surface area contributed by atoms with E-state index in [9.17, 15) is 18.0 Å². The Labute approximate surface area is 136 Å². The first kappa shape index (κ1) is 17.5. The molecule has 0 fully saturated rings. The standard InChI is InChI=1S/C17H15F3N2O2/c1-10-5-3-4-6-12(10)9-21-24-11(2)17(23)22-14-8-7-13(18)15(19)16(14)20/h3-9,11H,1-2H3,(H,22,23)/b21-9-/t11-/m0/s1. The largest absolute Gasteiger partial charge is 0.383 e. The first-order valence-corrected chi connectivity index (χ1v) is 7.09. The summed E-state index contributed by atoms with van der Waals surface area (Å²) in [5.74, 6) is -5.21. The molecule has 0 saturated carbocycles. The summed E-state index contributed by atoms with van der Waals surface area (Å²) in [5, 5.41) is 5.82. The SMILES string of the molecule is Cc1ccccc1/C=N\O[C@@H](C)C(=O)Nc1ccc(F)c(F)c1F. The zero-order valence-electron chi connectivity index (χ0n) is 13.0. The molecule has 0 aliphatic rings. The molecule has 0 heterocycles. The maximum atomic E-state index is 13.5. The van der Waals surface area contributed by atoms with Gasteiger partial charge in [0.2, 0.25) is 6.10 Å². The minimum atomic E-state index is -1.65. The molecule has 0 spiro atoms. The molecular weight excluding hydrogens is 321 g/mol. The van der Waals surface area contributed by atoms with E-state index >= 15 is 0 Å². The van der Waals surface area contributed by atoms with Gasteiger partial charge in [0.1, 0.15) is 0 Å². The second-order valence-electron chi connectivity index (χ2n) is 5.05. The summed E-state index contributed by atoms with van der Waals surface area (Å²) in [6, 6.07) is 9.06. The second kappa shape index (κ2) is 7.63. The highest BCUT2D eigenvalue weighted by atomic mass is 19.2. The quantitative estimate of drug-likeness (QED) is 0.513. The van der Waals surface area contributed by atoms with Crippen molar-refractivity contribution in [1.82, 2.24) is 0 Å². The van der Waals surface area contributed by atoms with Crippen molar-refractivity contribution >= 4 is 17.8 Å². The second-order valence-corrected chi connectivity index (χ2v) is 5.05. The Balaban J connectivity index is 1.98. The highest BCUT2D eigenvalue weighted by Gasteiger charge is 2.19. The molecule has 7 heteroatoms. The third kappa shape index (κ3) is 4.13. The van der Waals surface area contributed by atoms with Crippen LogP contribution in [0.5, 0.6) is 0 Å². The van der Waals surface area contributed by atoms with Crippen LogP contribution in [0.4, 0.5) is 18.9 Å². The molecule has 2 rings (SSSR count). The molecule has 1 amide bonds. The number of oxime groups is 1. The smallest absolute Gasteiger partial charge is 0.268 e. The average molecular weight is 336 g/mol. The fraction of sp³-hybridized carbons (Fsp3) is 0.176. The third-order valence-corrected chi connectivity index (χ3v) is 3.26. The van der Waals surface area contributed by atoms with Crippen molar-refractivity contribution in [1.29, 1.82) is 0 Å². The van der Waals surface area contributed by atoms with E-state index in [4.69, 9.17) is 4.84 Å². The Hall–Kier alpha value is -2.83. The first-order valence-electron chi connectivity index (χ1n) is 7.09. The van der Waals surface area contributed by atoms with E-state index in [1.165, 1.54) is 13.1 Å². The van der Waals surface area contributed by atoms with Crippen LogP contribution in [-0.2, 0) is 9.63 Å². The number of halogens is 3. The highest BCUT2D eigenvalue weighted by Crippen LogP contribution is 2.19. The molecule has 0 aromatic heterocycles. The fourth-order valence-corrected chi connectivity index (χ4v) is 1.81. The molecule has 126 valence electrons. The molecular formula is C17H15F3N2O2. The normalized spacial score (nSPS) is 12.2. The number of anilines is 1. The van der Waals surface area contributed by atoms with Gasteiger partial charge in [0.05, 0.1) is 11.9 Å². The number of hydrogen-bond donors (Lipinski definition) is 1. The molecule has 0 unspecified atom stereocenters. The van der Waals surface area contributed by atoms with Gasteiger partial charge in [0.25, 0.3) is 5.91 Å². The van der Waals surface area contributed by atoms with Crippen LogP contribution in [0.25, 0.3) is 0 Å². The number of carbonyl (C=O) groups is 1. The number of nitrogens with zero attached hydrogens (tertiary/aromatic N) is 1. The Morgan fingerprint density at radius 1 is 1.17 bits per heavy atom. The van der Waals surface area contributed by atoms with E-state index in [1.54, 1.807) is 0 Å². The summed E-state index contributed by atoms with van der Waals surface area (Å²) in [6.07, 6.45) is 0.384. The van der Waals surface area contributed by atoms with Gasteiger partial charge in [-0.05, 0) is 37.1 Å². The van der Waals surface area contributed by atoms with Crippen LogP contribution in [-0.4, -0.2) is 18.2 Å². The lowest BCUT2D eigenvalue weighted by Gasteiger charge is -2.11. The van der Waals surface area contributed by atoms with Crippen molar-refractivity contribution in [2.24, 2.45) is 5.16 Å². The average Bonchev–Trinajstić information content (AvgIpc) is 2.57. The lowest BCUT2D eigenvalue weighted by atomic mass is 10.1. The number of nitrogens with one attached hydrogen (secondary N) is 1. The predicted octanol–water partition coefficient (Wildman–Crippen LogP) is 3.79. The lowest BCUT2D eigenvalue weighted by molar-refractivity contribution is -0.126. The van der Waals surface area contributed by atoms with E-state index in [1.807, 2.05) is 31.2 Å². The van der Waals surface area contributed by atoms with Crippen molar-refractivity contribution in [3.63, 3.8) is 0 Å². The molecule has 2 aromatic rings. The van der Waals surface area contributed by atoms with Crippen molar-refractivity contribution in [3.05, 3.63) is 65.0 Å². The van der Waals surface area contributed by atoms with Gasteiger partial charge in [-0.25, -0.2) is 13.2 Å². The molecule has 1 N–H and O–H groups in total. The maximum absolute atomic E-state index is 13.5. The number of rotatable bonds is 5. The summed E-state index contributed by atoms with van der Waals surface area (Å²) >= 11 is 0. The van der Waals surface area contributed by atoms with Crippen LogP contribution in [0.1, 0.15) is 18.1 Å². The summed E-state index contributed by atoms with van der Waals surface area (Å²) in [7, 11) is 0. The number of carbonyl (C=O) groups excluding carboxylic acids is 1. The minimum Gasteiger partial charge on any atom is -0.383 e. The molecule has 0 aliphatic heterocycles. The first-order chi connectivity index (χ1) is 11.4. The van der Waals surface area contributed by atoms with Crippen LogP contribution >= 0.6 is 0 Å². The van der Waals surface area contributed by atoms with Gasteiger partial charge in [-0.2, -0.15) is 0 Å². The van der Waals surface area contributed by atoms with Gasteiger partial charge in [-0.1, -0.05) is 29.4 Å². The Morgan fingerprint density at radius 3 is 2.58 bits per heavy atom. The molecule has 4 nitrogen and oxygen atoms in total. The molecule has 1 atom stereocenters. The highest BCUT2D eigenvalue weighted by molar-refractivity contribution is 5.94. The van der Waals surface area contributed by atoms with Gasteiger partial charge >= 0.3 is 0 Å². The molecule has 0 bridgehead atoms. The van der Waals surface area contributed by atoms with E-state index in [0.717, 1.165) is 23.3 Å². The summed E-state index contributed by atoms with van der Waals surface area (Å²) in [5.41, 5.74) is 1.32. The van der Waals surface area contributed by atoms with E-state index < -0.39 is 35.2 Å². The van der Waals surface area contributed by atoms with Crippen LogP contribution in [0, 0.1) is 24.4 Å². The summed E-state index contributed by atoms with van der Waals surface area (Å²) in [4.78, 5) is 16.9. The number of amides is 1. The maximum Gasteiger partial charge on any atom is 0.268 e. The Kier molecular flexibility index (Phi) is 5.57. The monoisotopic (exact) mass is 336 g/mol. The Bertz CT molecular complexity index is 778. The topological polar surface area (TPSA) is 50.7 Å². The lowest BCUT2D eigenvalue weighted by Crippen LogP contribution is -2.27. The van der Waals surface area contributed by atoms with Gasteiger partial charge in [0.15, 0.2) is 17.5 Å². The van der Waals surface area contributed by atoms with Crippen LogP contribution in [0.3, 0.4) is 0 Å².